The maximum Gasteiger partial charge on any atom is 0.174 e. The Hall–Kier alpha value is -3.03. The summed E-state index contributed by atoms with van der Waals surface area (Å²) < 4.78 is 17.4. The number of aromatic nitrogens is 2. The summed E-state index contributed by atoms with van der Waals surface area (Å²) in [5.41, 5.74) is 6.82. The molecule has 2 aromatic carbocycles. The highest BCUT2D eigenvalue weighted by Gasteiger charge is 2.42. The molecule has 0 amide bonds. The van der Waals surface area contributed by atoms with Crippen LogP contribution in [0.25, 0.3) is 5.69 Å². The molecule has 34 heavy (non-hydrogen) atoms. The van der Waals surface area contributed by atoms with E-state index in [-0.39, 0.29) is 17.9 Å². The topological polar surface area (TPSA) is 33.1 Å². The minimum absolute atomic E-state index is 0.153. The lowest BCUT2D eigenvalue weighted by Crippen LogP contribution is -2.29. The van der Waals surface area contributed by atoms with E-state index in [0.717, 1.165) is 38.5 Å². The Morgan fingerprint density at radius 1 is 0.971 bits per heavy atom. The van der Waals surface area contributed by atoms with Crippen molar-refractivity contribution in [3.05, 3.63) is 111 Å². The molecule has 1 N–H and O–H groups in total. The van der Waals surface area contributed by atoms with Crippen LogP contribution in [-0.4, -0.2) is 14.7 Å². The third kappa shape index (κ3) is 3.93. The Morgan fingerprint density at radius 3 is 2.50 bits per heavy atom. The molecule has 1 fully saturated rings. The van der Waals surface area contributed by atoms with Gasteiger partial charge in [0.05, 0.1) is 17.8 Å². The molecule has 0 aliphatic carbocycles. The lowest BCUT2D eigenvalue weighted by molar-refractivity contribution is 0.564. The summed E-state index contributed by atoms with van der Waals surface area (Å²) in [6, 6.07) is 21.2. The molecule has 2 atom stereocenters. The average molecular weight is 535 g/mol. The first-order chi connectivity index (χ1) is 16.3. The summed E-state index contributed by atoms with van der Waals surface area (Å²) in [5.74, 6) is -0.229. The van der Waals surface area contributed by atoms with E-state index in [1.807, 2.05) is 36.4 Å². The van der Waals surface area contributed by atoms with Crippen LogP contribution in [0.3, 0.4) is 0 Å². The van der Waals surface area contributed by atoms with Crippen LogP contribution in [-0.2, 0) is 0 Å². The number of aryl methyl sites for hydroxylation is 2. The second-order valence-electron chi connectivity index (χ2n) is 8.57. The van der Waals surface area contributed by atoms with Crippen molar-refractivity contribution in [2.24, 2.45) is 0 Å². The fourth-order valence-electron chi connectivity index (χ4n) is 4.83. The summed E-state index contributed by atoms with van der Waals surface area (Å²) in [7, 11) is 0. The standard InChI is InChI=1S/C27H24BrFN4S/c1-16-13-21(10-11-23(16)29)33-26(25(31-27(33)34)24-9-4-5-12-30-24)22-14-17(2)32(18(22)3)20-8-6-7-19(28)15-20/h4-15,25-26H,1-3H3,(H,31,34)/t25-,26-/m1/s1. The van der Waals surface area contributed by atoms with Crippen LogP contribution < -0.4 is 10.2 Å². The minimum Gasteiger partial charge on any atom is -0.351 e. The van der Waals surface area contributed by atoms with Gasteiger partial charge in [0.2, 0.25) is 0 Å². The van der Waals surface area contributed by atoms with E-state index in [2.05, 4.69) is 67.7 Å². The van der Waals surface area contributed by atoms with Crippen LogP contribution in [0.5, 0.6) is 0 Å². The molecule has 4 aromatic rings. The van der Waals surface area contributed by atoms with Gasteiger partial charge in [-0.1, -0.05) is 28.1 Å². The Kier molecular flexibility index (Phi) is 6.00. The summed E-state index contributed by atoms with van der Waals surface area (Å²) in [6.07, 6.45) is 1.80. The number of anilines is 1. The third-order valence-electron chi connectivity index (χ3n) is 6.37. The Labute approximate surface area is 212 Å². The maximum absolute atomic E-state index is 14.1. The molecular formula is C27H24BrFN4S. The predicted molar refractivity (Wildman–Crippen MR) is 142 cm³/mol. The quantitative estimate of drug-likeness (QED) is 0.289. The molecule has 2 aromatic heterocycles. The first kappa shape index (κ1) is 22.7. The van der Waals surface area contributed by atoms with Crippen molar-refractivity contribution in [2.75, 3.05) is 4.90 Å². The normalized spacial score (nSPS) is 17.8. The lowest BCUT2D eigenvalue weighted by Gasteiger charge is -2.28. The van der Waals surface area contributed by atoms with Crippen molar-refractivity contribution in [2.45, 2.75) is 32.9 Å². The van der Waals surface area contributed by atoms with Crippen LogP contribution in [0, 0.1) is 26.6 Å². The van der Waals surface area contributed by atoms with Gasteiger partial charge in [0.15, 0.2) is 5.11 Å². The van der Waals surface area contributed by atoms with Crippen molar-refractivity contribution in [3.63, 3.8) is 0 Å². The van der Waals surface area contributed by atoms with Crippen molar-refractivity contribution in [1.82, 2.24) is 14.9 Å². The highest BCUT2D eigenvalue weighted by molar-refractivity contribution is 9.10. The van der Waals surface area contributed by atoms with Gasteiger partial charge in [-0.15, -0.1) is 0 Å². The van der Waals surface area contributed by atoms with E-state index in [1.165, 1.54) is 6.07 Å². The van der Waals surface area contributed by atoms with Gasteiger partial charge in [-0.25, -0.2) is 4.39 Å². The van der Waals surface area contributed by atoms with Crippen LogP contribution in [0.1, 0.15) is 40.3 Å². The molecular weight excluding hydrogens is 511 g/mol. The van der Waals surface area contributed by atoms with Crippen molar-refractivity contribution in [1.29, 1.82) is 0 Å². The highest BCUT2D eigenvalue weighted by atomic mass is 79.9. The van der Waals surface area contributed by atoms with E-state index in [1.54, 1.807) is 19.2 Å². The van der Waals surface area contributed by atoms with Crippen molar-refractivity contribution < 1.29 is 4.39 Å². The van der Waals surface area contributed by atoms with E-state index >= 15 is 0 Å². The summed E-state index contributed by atoms with van der Waals surface area (Å²) in [6.45, 7) is 6.02. The molecule has 0 bridgehead atoms. The Balaban J connectivity index is 1.69. The molecule has 1 aliphatic heterocycles. The number of halogens is 2. The van der Waals surface area contributed by atoms with Crippen LogP contribution in [0.2, 0.25) is 0 Å². The molecule has 7 heteroatoms. The van der Waals surface area contributed by atoms with Gasteiger partial charge >= 0.3 is 0 Å². The zero-order valence-corrected chi connectivity index (χ0v) is 21.5. The molecule has 172 valence electrons. The number of hydrogen-bond donors (Lipinski definition) is 1. The Morgan fingerprint density at radius 2 is 1.79 bits per heavy atom. The molecule has 0 spiro atoms. The van der Waals surface area contributed by atoms with Crippen LogP contribution in [0.4, 0.5) is 10.1 Å². The van der Waals surface area contributed by atoms with Gasteiger partial charge in [0.1, 0.15) is 5.82 Å². The lowest BCUT2D eigenvalue weighted by atomic mass is 9.96. The van der Waals surface area contributed by atoms with Gasteiger partial charge in [-0.2, -0.15) is 0 Å². The monoisotopic (exact) mass is 534 g/mol. The molecule has 5 rings (SSSR count). The first-order valence-electron chi connectivity index (χ1n) is 11.1. The van der Waals surface area contributed by atoms with Gasteiger partial charge in [0.25, 0.3) is 0 Å². The van der Waals surface area contributed by atoms with Gasteiger partial charge in [-0.3, -0.25) is 4.98 Å². The number of nitrogens with zero attached hydrogens (tertiary/aromatic N) is 3. The molecule has 0 saturated carbocycles. The fraction of sp³-hybridized carbons (Fsp3) is 0.185. The molecule has 1 saturated heterocycles. The summed E-state index contributed by atoms with van der Waals surface area (Å²) in [4.78, 5) is 6.73. The van der Waals surface area contributed by atoms with E-state index < -0.39 is 0 Å². The number of nitrogens with one attached hydrogen (secondary N) is 1. The van der Waals surface area contributed by atoms with Gasteiger partial charge < -0.3 is 14.8 Å². The minimum atomic E-state index is -0.229. The molecule has 1 aliphatic rings. The van der Waals surface area contributed by atoms with E-state index in [0.29, 0.717) is 10.7 Å². The van der Waals surface area contributed by atoms with E-state index in [4.69, 9.17) is 12.2 Å². The number of hydrogen-bond acceptors (Lipinski definition) is 2. The van der Waals surface area contributed by atoms with Crippen LogP contribution in [0.15, 0.2) is 77.4 Å². The number of thiocarbonyl (C=S) groups is 1. The molecule has 0 unspecified atom stereocenters. The van der Waals surface area contributed by atoms with E-state index in [9.17, 15) is 4.39 Å². The largest absolute Gasteiger partial charge is 0.351 e. The van der Waals surface area contributed by atoms with Crippen molar-refractivity contribution >= 4 is 38.9 Å². The van der Waals surface area contributed by atoms with Gasteiger partial charge in [0, 0.05) is 33.4 Å². The Bertz CT molecular complexity index is 1380. The second-order valence-corrected chi connectivity index (χ2v) is 9.87. The predicted octanol–water partition coefficient (Wildman–Crippen LogP) is 6.88. The van der Waals surface area contributed by atoms with Crippen molar-refractivity contribution in [3.8, 4) is 5.69 Å². The SMILES string of the molecule is Cc1cc(N2C(=S)N[C@H](c3ccccn3)[C@H]2c2cc(C)n(-c3cccc(Br)c3)c2C)ccc1F. The second kappa shape index (κ2) is 8.96. The summed E-state index contributed by atoms with van der Waals surface area (Å²) >= 11 is 9.42. The third-order valence-corrected chi connectivity index (χ3v) is 7.18. The molecule has 0 radical (unpaired) electrons. The van der Waals surface area contributed by atoms with Crippen LogP contribution >= 0.6 is 28.1 Å². The number of pyridine rings is 1. The zero-order chi connectivity index (χ0) is 24.0. The smallest absolute Gasteiger partial charge is 0.174 e. The highest BCUT2D eigenvalue weighted by Crippen LogP contribution is 2.44. The fourth-order valence-corrected chi connectivity index (χ4v) is 5.56. The first-order valence-corrected chi connectivity index (χ1v) is 12.3. The molecule has 4 nitrogen and oxygen atoms in total. The number of rotatable bonds is 4. The summed E-state index contributed by atoms with van der Waals surface area (Å²) in [5, 5.41) is 4.09. The number of benzene rings is 2. The average Bonchev–Trinajstić information content (AvgIpc) is 3.31. The van der Waals surface area contributed by atoms with Gasteiger partial charge in [-0.05, 0) is 98.7 Å². The maximum atomic E-state index is 14.1. The zero-order valence-electron chi connectivity index (χ0n) is 19.1. The molecule has 3 heterocycles.